The highest BCUT2D eigenvalue weighted by molar-refractivity contribution is 6.44. The number of alkyl halides is 2. The normalized spacial score (nSPS) is 10.5. The van der Waals surface area contributed by atoms with E-state index in [1.807, 2.05) is 0 Å². The van der Waals surface area contributed by atoms with E-state index in [-0.39, 0.29) is 18.1 Å². The van der Waals surface area contributed by atoms with Gasteiger partial charge in [-0.2, -0.15) is 5.10 Å². The van der Waals surface area contributed by atoms with E-state index >= 15 is 0 Å². The van der Waals surface area contributed by atoms with Gasteiger partial charge in [0.25, 0.3) is 0 Å². The van der Waals surface area contributed by atoms with E-state index in [4.69, 9.17) is 27.9 Å². The van der Waals surface area contributed by atoms with Crippen LogP contribution >= 0.6 is 23.2 Å². The molecule has 0 N–H and O–H groups in total. The van der Waals surface area contributed by atoms with Gasteiger partial charge in [-0.15, -0.1) is 0 Å². The molecule has 84 valence electrons. The Hall–Kier alpha value is -0.940. The number of rotatable bonds is 3. The van der Waals surface area contributed by atoms with E-state index in [9.17, 15) is 4.79 Å². The predicted octanol–water partition coefficient (Wildman–Crippen LogP) is 2.43. The Morgan fingerprint density at radius 2 is 2.33 bits per heavy atom. The molecule has 0 aromatic carbocycles. The summed E-state index contributed by atoms with van der Waals surface area (Å²) in [6.07, 6.45) is 0.685. The van der Waals surface area contributed by atoms with Crippen LogP contribution in [0.3, 0.4) is 0 Å². The third-order valence-electron chi connectivity index (χ3n) is 1.48. The number of hydrogen-bond donors (Lipinski definition) is 0. The van der Waals surface area contributed by atoms with E-state index in [0.29, 0.717) is 0 Å². The lowest BCUT2D eigenvalue weighted by Gasteiger charge is -2.03. The van der Waals surface area contributed by atoms with Crippen LogP contribution in [0.2, 0.25) is 0 Å². The van der Waals surface area contributed by atoms with Gasteiger partial charge in [0.1, 0.15) is 5.69 Å². The second kappa shape index (κ2) is 5.23. The fourth-order valence-corrected chi connectivity index (χ4v) is 1.25. The molecule has 7 heteroatoms. The number of aryl methyl sites for hydroxylation is 1. The van der Waals surface area contributed by atoms with Crippen LogP contribution in [0.25, 0.3) is 0 Å². The van der Waals surface area contributed by atoms with Crippen molar-refractivity contribution in [1.29, 1.82) is 0 Å². The molecule has 0 aliphatic carbocycles. The van der Waals surface area contributed by atoms with Crippen LogP contribution in [0.15, 0.2) is 6.20 Å². The summed E-state index contributed by atoms with van der Waals surface area (Å²) in [6, 6.07) is 0. The first-order valence-electron chi connectivity index (χ1n) is 4.21. The molecule has 0 saturated carbocycles. The van der Waals surface area contributed by atoms with Crippen LogP contribution in [-0.4, -0.2) is 22.5 Å². The van der Waals surface area contributed by atoms with Gasteiger partial charge in [0.2, 0.25) is 0 Å². The standard InChI is InChI=1S/C8H10Cl2N2O3/c1-3-14-8(13)15-5-4-12(2)11-6(5)7(9)10/h4,7H,3H2,1-2H3. The minimum atomic E-state index is -0.851. The molecule has 0 unspecified atom stereocenters. The zero-order valence-electron chi connectivity index (χ0n) is 8.24. The van der Waals surface area contributed by atoms with Gasteiger partial charge in [-0.25, -0.2) is 4.79 Å². The Bertz CT molecular complexity index is 352. The van der Waals surface area contributed by atoms with E-state index in [1.165, 1.54) is 10.9 Å². The molecule has 0 radical (unpaired) electrons. The third kappa shape index (κ3) is 3.28. The van der Waals surface area contributed by atoms with Gasteiger partial charge in [-0.05, 0) is 6.92 Å². The summed E-state index contributed by atoms with van der Waals surface area (Å²) in [7, 11) is 1.66. The number of halogens is 2. The van der Waals surface area contributed by atoms with E-state index in [1.54, 1.807) is 14.0 Å². The molecule has 0 aliphatic heterocycles. The number of ether oxygens (including phenoxy) is 2. The maximum absolute atomic E-state index is 11.0. The van der Waals surface area contributed by atoms with Gasteiger partial charge in [0.05, 0.1) is 12.8 Å². The van der Waals surface area contributed by atoms with E-state index in [2.05, 4.69) is 9.84 Å². The maximum Gasteiger partial charge on any atom is 0.513 e. The van der Waals surface area contributed by atoms with Crippen LogP contribution in [0, 0.1) is 0 Å². The molecular formula is C8H10Cl2N2O3. The number of carbonyl (C=O) groups is 1. The molecule has 15 heavy (non-hydrogen) atoms. The first kappa shape index (κ1) is 12.1. The van der Waals surface area contributed by atoms with Crippen molar-refractivity contribution < 1.29 is 14.3 Å². The van der Waals surface area contributed by atoms with Crippen molar-refractivity contribution in [3.8, 4) is 5.75 Å². The molecule has 0 bridgehead atoms. The largest absolute Gasteiger partial charge is 0.513 e. The number of carbonyl (C=O) groups excluding carboxylic acids is 1. The molecule has 0 aliphatic rings. The average molecular weight is 253 g/mol. The molecule has 1 heterocycles. The molecule has 0 saturated heterocycles. The van der Waals surface area contributed by atoms with Crippen molar-refractivity contribution in [3.05, 3.63) is 11.9 Å². The number of nitrogens with zero attached hydrogens (tertiary/aromatic N) is 2. The Labute approximate surface area is 96.9 Å². The summed E-state index contributed by atoms with van der Waals surface area (Å²) in [5.41, 5.74) is 0.286. The summed E-state index contributed by atoms with van der Waals surface area (Å²) in [5.74, 6) is 0.200. The van der Waals surface area contributed by atoms with E-state index < -0.39 is 11.0 Å². The van der Waals surface area contributed by atoms with E-state index in [0.717, 1.165) is 0 Å². The number of aromatic nitrogens is 2. The van der Waals surface area contributed by atoms with Gasteiger partial charge in [0.15, 0.2) is 10.6 Å². The molecule has 5 nitrogen and oxygen atoms in total. The van der Waals surface area contributed by atoms with Gasteiger partial charge < -0.3 is 9.47 Å². The zero-order chi connectivity index (χ0) is 11.4. The second-order valence-electron chi connectivity index (χ2n) is 2.64. The molecule has 1 aromatic heterocycles. The van der Waals surface area contributed by atoms with Crippen LogP contribution < -0.4 is 4.74 Å². The summed E-state index contributed by atoms with van der Waals surface area (Å²) < 4.78 is 10.9. The van der Waals surface area contributed by atoms with Crippen LogP contribution in [0.4, 0.5) is 4.79 Å². The highest BCUT2D eigenvalue weighted by atomic mass is 35.5. The predicted molar refractivity (Wildman–Crippen MR) is 55.3 cm³/mol. The van der Waals surface area contributed by atoms with Gasteiger partial charge in [-0.3, -0.25) is 4.68 Å². The lowest BCUT2D eigenvalue weighted by Crippen LogP contribution is -2.10. The molecule has 0 amide bonds. The smallest absolute Gasteiger partial charge is 0.434 e. The summed E-state index contributed by atoms with van der Waals surface area (Å²) in [5, 5.41) is 3.94. The molecule has 1 rings (SSSR count). The molecule has 1 aromatic rings. The topological polar surface area (TPSA) is 53.4 Å². The summed E-state index contributed by atoms with van der Waals surface area (Å²) in [4.78, 5) is 10.2. The van der Waals surface area contributed by atoms with Gasteiger partial charge >= 0.3 is 6.16 Å². The lowest BCUT2D eigenvalue weighted by atomic mass is 10.4. The Kier molecular flexibility index (Phi) is 4.23. The molecule has 0 atom stereocenters. The van der Waals surface area contributed by atoms with Crippen molar-refractivity contribution in [1.82, 2.24) is 9.78 Å². The minimum absolute atomic E-state index is 0.200. The van der Waals surface area contributed by atoms with Gasteiger partial charge in [0, 0.05) is 7.05 Å². The van der Waals surface area contributed by atoms with Crippen LogP contribution in [-0.2, 0) is 11.8 Å². The highest BCUT2D eigenvalue weighted by Gasteiger charge is 2.18. The average Bonchev–Trinajstić information content (AvgIpc) is 2.47. The molecule has 0 spiro atoms. The minimum Gasteiger partial charge on any atom is -0.434 e. The summed E-state index contributed by atoms with van der Waals surface area (Å²) in [6.45, 7) is 1.91. The SMILES string of the molecule is CCOC(=O)Oc1cn(C)nc1C(Cl)Cl. The maximum atomic E-state index is 11.0. The fourth-order valence-electron chi connectivity index (χ4n) is 0.951. The third-order valence-corrected chi connectivity index (χ3v) is 1.90. The Balaban J connectivity index is 2.79. The highest BCUT2D eigenvalue weighted by Crippen LogP contribution is 2.31. The lowest BCUT2D eigenvalue weighted by molar-refractivity contribution is 0.104. The molecule has 0 fully saturated rings. The zero-order valence-corrected chi connectivity index (χ0v) is 9.75. The Morgan fingerprint density at radius 1 is 1.67 bits per heavy atom. The molecular weight excluding hydrogens is 243 g/mol. The van der Waals surface area contributed by atoms with Crippen molar-refractivity contribution >= 4 is 29.4 Å². The quantitative estimate of drug-likeness (QED) is 0.613. The van der Waals surface area contributed by atoms with Crippen molar-refractivity contribution in [2.75, 3.05) is 6.61 Å². The monoisotopic (exact) mass is 252 g/mol. The van der Waals surface area contributed by atoms with Crippen molar-refractivity contribution in [2.45, 2.75) is 11.8 Å². The first-order chi connectivity index (χ1) is 7.04. The van der Waals surface area contributed by atoms with Crippen molar-refractivity contribution in [3.63, 3.8) is 0 Å². The van der Waals surface area contributed by atoms with Crippen LogP contribution in [0.1, 0.15) is 17.5 Å². The second-order valence-corrected chi connectivity index (χ2v) is 3.73. The number of hydrogen-bond acceptors (Lipinski definition) is 4. The van der Waals surface area contributed by atoms with Crippen LogP contribution in [0.5, 0.6) is 5.75 Å². The van der Waals surface area contributed by atoms with Crippen molar-refractivity contribution in [2.24, 2.45) is 7.05 Å². The Morgan fingerprint density at radius 3 is 2.87 bits per heavy atom. The first-order valence-corrected chi connectivity index (χ1v) is 5.08. The fraction of sp³-hybridized carbons (Fsp3) is 0.500. The van der Waals surface area contributed by atoms with Gasteiger partial charge in [-0.1, -0.05) is 23.2 Å². The summed E-state index contributed by atoms with van der Waals surface area (Å²) >= 11 is 11.3.